The van der Waals surface area contributed by atoms with Crippen molar-refractivity contribution in [3.8, 4) is 5.75 Å². The molecule has 100 valence electrons. The molecule has 0 spiro atoms. The molecule has 0 heterocycles. The molecule has 0 aliphatic carbocycles. The topological polar surface area (TPSA) is 9.23 Å². The first-order chi connectivity index (χ1) is 9.10. The van der Waals surface area contributed by atoms with E-state index >= 15 is 0 Å². The van der Waals surface area contributed by atoms with Gasteiger partial charge in [0.25, 0.3) is 0 Å². The number of methoxy groups -OCH3 is 1. The normalized spacial score (nSPS) is 12.2. The average Bonchev–Trinajstić information content (AvgIpc) is 2.38. The van der Waals surface area contributed by atoms with Gasteiger partial charge >= 0.3 is 0 Å². The van der Waals surface area contributed by atoms with Crippen LogP contribution in [0.25, 0.3) is 0 Å². The lowest BCUT2D eigenvalue weighted by atomic mass is 10.0. The summed E-state index contributed by atoms with van der Waals surface area (Å²) >= 11 is 15.9. The largest absolute Gasteiger partial charge is 0.496 e. The zero-order valence-corrected chi connectivity index (χ0v) is 13.5. The first-order valence-electron chi connectivity index (χ1n) is 5.82. The van der Waals surface area contributed by atoms with E-state index in [0.29, 0.717) is 5.02 Å². The Morgan fingerprint density at radius 1 is 1.21 bits per heavy atom. The number of benzene rings is 2. The van der Waals surface area contributed by atoms with Crippen molar-refractivity contribution in [1.82, 2.24) is 0 Å². The van der Waals surface area contributed by atoms with Gasteiger partial charge in [0.1, 0.15) is 5.75 Å². The van der Waals surface area contributed by atoms with E-state index in [1.165, 1.54) is 5.56 Å². The number of hydrogen-bond acceptors (Lipinski definition) is 1. The molecule has 0 saturated heterocycles. The molecule has 0 bridgehead atoms. The van der Waals surface area contributed by atoms with Crippen LogP contribution >= 0.6 is 39.1 Å². The maximum Gasteiger partial charge on any atom is 0.125 e. The first-order valence-corrected chi connectivity index (χ1v) is 7.43. The van der Waals surface area contributed by atoms with E-state index in [4.69, 9.17) is 27.9 Å². The summed E-state index contributed by atoms with van der Waals surface area (Å²) < 4.78 is 6.38. The van der Waals surface area contributed by atoms with Gasteiger partial charge in [0.05, 0.1) is 12.5 Å². The highest BCUT2D eigenvalue weighted by atomic mass is 79.9. The number of halogens is 3. The SMILES string of the molecule is COc1cc(Cl)ccc1C(Cl)Cc1cccc(Br)c1. The maximum absolute atomic E-state index is 6.49. The van der Waals surface area contributed by atoms with Crippen molar-refractivity contribution in [3.63, 3.8) is 0 Å². The molecule has 2 rings (SSSR count). The van der Waals surface area contributed by atoms with E-state index in [-0.39, 0.29) is 5.38 Å². The summed E-state index contributed by atoms with van der Waals surface area (Å²) in [5, 5.41) is 0.494. The van der Waals surface area contributed by atoms with Crippen LogP contribution in [0.5, 0.6) is 5.75 Å². The minimum Gasteiger partial charge on any atom is -0.496 e. The smallest absolute Gasteiger partial charge is 0.125 e. The van der Waals surface area contributed by atoms with Crippen LogP contribution in [-0.4, -0.2) is 7.11 Å². The predicted molar refractivity (Wildman–Crippen MR) is 84.4 cm³/mol. The van der Waals surface area contributed by atoms with Crippen LogP contribution in [0.4, 0.5) is 0 Å². The van der Waals surface area contributed by atoms with E-state index in [1.54, 1.807) is 13.2 Å². The van der Waals surface area contributed by atoms with Gasteiger partial charge in [-0.1, -0.05) is 45.7 Å². The van der Waals surface area contributed by atoms with Crippen LogP contribution in [0.3, 0.4) is 0 Å². The van der Waals surface area contributed by atoms with Crippen molar-refractivity contribution in [2.75, 3.05) is 7.11 Å². The lowest BCUT2D eigenvalue weighted by molar-refractivity contribution is 0.409. The molecular weight excluding hydrogens is 347 g/mol. The van der Waals surface area contributed by atoms with Gasteiger partial charge < -0.3 is 4.74 Å². The van der Waals surface area contributed by atoms with Crippen LogP contribution in [0.2, 0.25) is 5.02 Å². The van der Waals surface area contributed by atoms with Crippen LogP contribution in [0.1, 0.15) is 16.5 Å². The molecule has 1 unspecified atom stereocenters. The molecule has 0 N–H and O–H groups in total. The van der Waals surface area contributed by atoms with E-state index in [9.17, 15) is 0 Å². The van der Waals surface area contributed by atoms with E-state index < -0.39 is 0 Å². The van der Waals surface area contributed by atoms with Gasteiger partial charge in [-0.15, -0.1) is 11.6 Å². The highest BCUT2D eigenvalue weighted by Crippen LogP contribution is 2.34. The molecule has 1 atom stereocenters. The van der Waals surface area contributed by atoms with Crippen LogP contribution < -0.4 is 4.74 Å². The molecule has 2 aromatic carbocycles. The van der Waals surface area contributed by atoms with E-state index in [2.05, 4.69) is 28.1 Å². The lowest BCUT2D eigenvalue weighted by Crippen LogP contribution is -1.99. The van der Waals surface area contributed by atoms with Crippen molar-refractivity contribution in [3.05, 3.63) is 63.1 Å². The minimum atomic E-state index is -0.151. The second-order valence-electron chi connectivity index (χ2n) is 4.19. The number of hydrogen-bond donors (Lipinski definition) is 0. The molecule has 0 saturated carbocycles. The van der Waals surface area contributed by atoms with E-state index in [0.717, 1.165) is 22.2 Å². The second-order valence-corrected chi connectivity index (χ2v) is 6.07. The Morgan fingerprint density at radius 3 is 2.68 bits per heavy atom. The third-order valence-corrected chi connectivity index (χ3v) is 3.95. The Labute approximate surface area is 131 Å². The first kappa shape index (κ1) is 14.7. The number of ether oxygens (including phenoxy) is 1. The molecule has 0 radical (unpaired) electrons. The van der Waals surface area contributed by atoms with Gasteiger partial charge in [-0.25, -0.2) is 0 Å². The predicted octanol–water partition coefficient (Wildman–Crippen LogP) is 5.63. The summed E-state index contributed by atoms with van der Waals surface area (Å²) in [6.45, 7) is 0. The van der Waals surface area contributed by atoms with Crippen molar-refractivity contribution < 1.29 is 4.74 Å². The summed E-state index contributed by atoms with van der Waals surface area (Å²) in [5.74, 6) is 0.725. The molecular formula is C15H13BrCl2O. The van der Waals surface area contributed by atoms with Gasteiger partial charge in [0, 0.05) is 15.1 Å². The van der Waals surface area contributed by atoms with Crippen LogP contribution in [0, 0.1) is 0 Å². The average molecular weight is 360 g/mol. The van der Waals surface area contributed by atoms with Crippen molar-refractivity contribution in [2.24, 2.45) is 0 Å². The Balaban J connectivity index is 2.22. The monoisotopic (exact) mass is 358 g/mol. The van der Waals surface area contributed by atoms with Crippen LogP contribution in [0.15, 0.2) is 46.9 Å². The summed E-state index contributed by atoms with van der Waals surface area (Å²) in [5.41, 5.74) is 2.12. The molecule has 0 aliphatic rings. The van der Waals surface area contributed by atoms with Crippen molar-refractivity contribution in [1.29, 1.82) is 0 Å². The molecule has 0 aliphatic heterocycles. The Hall–Kier alpha value is -0.700. The molecule has 0 amide bonds. The summed E-state index contributed by atoms with van der Waals surface area (Å²) in [7, 11) is 1.62. The van der Waals surface area contributed by atoms with Gasteiger partial charge in [-0.2, -0.15) is 0 Å². The second kappa shape index (κ2) is 6.65. The zero-order valence-electron chi connectivity index (χ0n) is 10.4. The standard InChI is InChI=1S/C15H13BrCl2O/c1-19-15-9-12(17)5-6-13(15)14(18)8-10-3-2-4-11(16)7-10/h2-7,9,14H,8H2,1H3. The maximum atomic E-state index is 6.49. The van der Waals surface area contributed by atoms with Gasteiger partial charge in [0.15, 0.2) is 0 Å². The summed E-state index contributed by atoms with van der Waals surface area (Å²) in [6.07, 6.45) is 0.735. The van der Waals surface area contributed by atoms with Gasteiger partial charge in [-0.05, 0) is 36.2 Å². The van der Waals surface area contributed by atoms with Gasteiger partial charge in [-0.3, -0.25) is 0 Å². The fourth-order valence-electron chi connectivity index (χ4n) is 1.92. The van der Waals surface area contributed by atoms with Crippen molar-refractivity contribution in [2.45, 2.75) is 11.8 Å². The summed E-state index contributed by atoms with van der Waals surface area (Å²) in [6, 6.07) is 13.7. The molecule has 0 fully saturated rings. The Bertz CT molecular complexity index is 572. The zero-order chi connectivity index (χ0) is 13.8. The van der Waals surface area contributed by atoms with Crippen LogP contribution in [-0.2, 0) is 6.42 Å². The fraction of sp³-hybridized carbons (Fsp3) is 0.200. The van der Waals surface area contributed by atoms with Crippen molar-refractivity contribution >= 4 is 39.1 Å². The quantitative estimate of drug-likeness (QED) is 0.642. The Morgan fingerprint density at radius 2 is 2.00 bits per heavy atom. The third-order valence-electron chi connectivity index (χ3n) is 2.84. The molecule has 0 aromatic heterocycles. The third kappa shape index (κ3) is 3.88. The van der Waals surface area contributed by atoms with Gasteiger partial charge in [0.2, 0.25) is 0 Å². The molecule has 1 nitrogen and oxygen atoms in total. The summed E-state index contributed by atoms with van der Waals surface area (Å²) in [4.78, 5) is 0. The highest BCUT2D eigenvalue weighted by molar-refractivity contribution is 9.10. The minimum absolute atomic E-state index is 0.151. The number of alkyl halides is 1. The highest BCUT2D eigenvalue weighted by Gasteiger charge is 2.14. The molecule has 4 heteroatoms. The lowest BCUT2D eigenvalue weighted by Gasteiger charge is -2.14. The van der Waals surface area contributed by atoms with E-state index in [1.807, 2.05) is 24.3 Å². The fourth-order valence-corrected chi connectivity index (χ4v) is 2.89. The Kier molecular flexibility index (Phi) is 5.14. The molecule has 19 heavy (non-hydrogen) atoms. The molecule has 2 aromatic rings. The number of rotatable bonds is 4.